The minimum atomic E-state index is -0.460. The lowest BCUT2D eigenvalue weighted by molar-refractivity contribution is -0.129. The Morgan fingerprint density at radius 2 is 1.87 bits per heavy atom. The molecule has 0 aromatic heterocycles. The molecule has 0 unspecified atom stereocenters. The van der Waals surface area contributed by atoms with E-state index in [1.165, 1.54) is 6.08 Å². The molecule has 6 nitrogen and oxygen atoms in total. The van der Waals surface area contributed by atoms with Crippen molar-refractivity contribution >= 4 is 23.6 Å². The number of carbonyl (C=O) groups is 2. The van der Waals surface area contributed by atoms with Gasteiger partial charge in [-0.25, -0.2) is 5.48 Å². The van der Waals surface area contributed by atoms with Crippen LogP contribution in [0.25, 0.3) is 6.08 Å². The molecule has 0 radical (unpaired) electrons. The number of hydroxylamine groups is 1. The van der Waals surface area contributed by atoms with Crippen LogP contribution < -0.4 is 15.7 Å². The summed E-state index contributed by atoms with van der Waals surface area (Å²) in [6.07, 6.45) is 7.44. The first-order valence-corrected chi connectivity index (χ1v) is 7.36. The number of nitrogens with zero attached hydrogens (tertiary/aromatic N) is 1. The van der Waals surface area contributed by atoms with Gasteiger partial charge in [-0.15, -0.1) is 0 Å². The highest BCUT2D eigenvalue weighted by Gasteiger charge is 1.99. The number of carbonyl (C=O) groups excluding carboxylic acids is 2. The van der Waals surface area contributed by atoms with Crippen molar-refractivity contribution in [2.24, 2.45) is 0 Å². The van der Waals surface area contributed by atoms with E-state index in [-0.39, 0.29) is 12.3 Å². The minimum Gasteiger partial charge on any atom is -0.378 e. The number of amides is 2. The van der Waals surface area contributed by atoms with Crippen molar-refractivity contribution < 1.29 is 14.8 Å². The van der Waals surface area contributed by atoms with E-state index in [1.807, 2.05) is 49.3 Å². The first kappa shape index (κ1) is 18.4. The summed E-state index contributed by atoms with van der Waals surface area (Å²) in [6.45, 7) is 0.381. The predicted molar refractivity (Wildman–Crippen MR) is 91.1 cm³/mol. The minimum absolute atomic E-state index is 0.170. The summed E-state index contributed by atoms with van der Waals surface area (Å²) >= 11 is 0. The van der Waals surface area contributed by atoms with Crippen LogP contribution in [-0.4, -0.2) is 37.7 Å². The van der Waals surface area contributed by atoms with E-state index in [1.54, 1.807) is 17.6 Å². The van der Waals surface area contributed by atoms with Crippen LogP contribution in [0.4, 0.5) is 5.69 Å². The smallest absolute Gasteiger partial charge is 0.243 e. The lowest BCUT2D eigenvalue weighted by atomic mass is 10.2. The lowest BCUT2D eigenvalue weighted by Crippen LogP contribution is -2.24. The molecule has 3 N–H and O–H groups in total. The number of nitrogens with one attached hydrogen (secondary N) is 2. The van der Waals surface area contributed by atoms with Gasteiger partial charge in [-0.3, -0.25) is 14.8 Å². The molecule has 2 amide bonds. The molecular formula is C17H23N3O3. The summed E-state index contributed by atoms with van der Waals surface area (Å²) in [6, 6.07) is 8.06. The maximum atomic E-state index is 11.5. The van der Waals surface area contributed by atoms with E-state index in [9.17, 15) is 9.59 Å². The van der Waals surface area contributed by atoms with Crippen LogP contribution in [0.2, 0.25) is 0 Å². The number of benzene rings is 1. The van der Waals surface area contributed by atoms with Crippen molar-refractivity contribution in [1.29, 1.82) is 0 Å². The fraction of sp³-hybridized carbons (Fsp3) is 0.294. The second-order valence-corrected chi connectivity index (χ2v) is 5.13. The van der Waals surface area contributed by atoms with Gasteiger partial charge in [-0.1, -0.05) is 30.4 Å². The van der Waals surface area contributed by atoms with Gasteiger partial charge in [-0.05, 0) is 24.1 Å². The number of anilines is 1. The fourth-order valence-corrected chi connectivity index (χ4v) is 1.77. The molecule has 1 rings (SSSR count). The average molecular weight is 317 g/mol. The molecule has 0 bridgehead atoms. The lowest BCUT2D eigenvalue weighted by Gasteiger charge is -2.11. The van der Waals surface area contributed by atoms with Crippen LogP contribution in [0.1, 0.15) is 18.4 Å². The van der Waals surface area contributed by atoms with Crippen LogP contribution >= 0.6 is 0 Å². The van der Waals surface area contributed by atoms with E-state index in [4.69, 9.17) is 5.21 Å². The molecular weight excluding hydrogens is 294 g/mol. The Labute approximate surface area is 136 Å². The summed E-state index contributed by atoms with van der Waals surface area (Å²) < 4.78 is 0. The normalized spacial score (nSPS) is 10.9. The Morgan fingerprint density at radius 3 is 2.48 bits per heavy atom. The van der Waals surface area contributed by atoms with Crippen molar-refractivity contribution in [2.75, 3.05) is 25.5 Å². The van der Waals surface area contributed by atoms with Crippen molar-refractivity contribution in [1.82, 2.24) is 10.8 Å². The van der Waals surface area contributed by atoms with E-state index in [2.05, 4.69) is 5.32 Å². The average Bonchev–Trinajstić information content (AvgIpc) is 2.55. The van der Waals surface area contributed by atoms with Crippen molar-refractivity contribution in [3.8, 4) is 0 Å². The SMILES string of the molecule is CN(C)c1ccc(C=CC=CC(=O)NCCCC(=O)NO)cc1. The molecule has 1 aromatic rings. The van der Waals surface area contributed by atoms with Gasteiger partial charge in [0.2, 0.25) is 11.8 Å². The van der Waals surface area contributed by atoms with Crippen molar-refractivity contribution in [2.45, 2.75) is 12.8 Å². The summed E-state index contributed by atoms with van der Waals surface area (Å²) in [7, 11) is 3.98. The number of hydrogen-bond donors (Lipinski definition) is 3. The van der Waals surface area contributed by atoms with Crippen LogP contribution in [0.5, 0.6) is 0 Å². The standard InChI is InChI=1S/C17H23N3O3/c1-20(2)15-11-9-14(10-12-15)6-3-4-7-16(21)18-13-5-8-17(22)19-23/h3-4,6-7,9-12,23H,5,8,13H2,1-2H3,(H,18,21)(H,19,22). The Bertz CT molecular complexity index is 563. The third-order valence-electron chi connectivity index (χ3n) is 3.06. The first-order chi connectivity index (χ1) is 11.0. The molecule has 0 atom stereocenters. The van der Waals surface area contributed by atoms with E-state index in [0.717, 1.165) is 11.3 Å². The van der Waals surface area contributed by atoms with Crippen molar-refractivity contribution in [3.63, 3.8) is 0 Å². The van der Waals surface area contributed by atoms with Gasteiger partial charge in [0.05, 0.1) is 0 Å². The molecule has 0 heterocycles. The second kappa shape index (κ2) is 10.2. The zero-order valence-corrected chi connectivity index (χ0v) is 13.5. The van der Waals surface area contributed by atoms with Gasteiger partial charge in [0.15, 0.2) is 0 Å². The van der Waals surface area contributed by atoms with Crippen LogP contribution in [0.15, 0.2) is 42.5 Å². The van der Waals surface area contributed by atoms with Gasteiger partial charge in [-0.2, -0.15) is 0 Å². The Morgan fingerprint density at radius 1 is 1.17 bits per heavy atom. The predicted octanol–water partition coefficient (Wildman–Crippen LogP) is 1.72. The van der Waals surface area contributed by atoms with E-state index < -0.39 is 5.91 Å². The highest BCUT2D eigenvalue weighted by Crippen LogP contribution is 2.13. The largest absolute Gasteiger partial charge is 0.378 e. The first-order valence-electron chi connectivity index (χ1n) is 7.36. The summed E-state index contributed by atoms with van der Waals surface area (Å²) in [5.41, 5.74) is 3.73. The molecule has 0 fully saturated rings. The third-order valence-corrected chi connectivity index (χ3v) is 3.06. The van der Waals surface area contributed by atoms with Crippen LogP contribution in [0, 0.1) is 0 Å². The van der Waals surface area contributed by atoms with Crippen LogP contribution in [0.3, 0.4) is 0 Å². The molecule has 0 saturated heterocycles. The Hall–Kier alpha value is -2.60. The van der Waals surface area contributed by atoms with Crippen LogP contribution in [-0.2, 0) is 9.59 Å². The topological polar surface area (TPSA) is 81.7 Å². The molecule has 0 aliphatic heterocycles. The summed E-state index contributed by atoms with van der Waals surface area (Å²) in [5.74, 6) is -0.681. The quantitative estimate of drug-likeness (QED) is 0.224. The van der Waals surface area contributed by atoms with Gasteiger partial charge in [0.1, 0.15) is 0 Å². The molecule has 6 heteroatoms. The van der Waals surface area contributed by atoms with Gasteiger partial charge in [0.25, 0.3) is 0 Å². The van der Waals surface area contributed by atoms with Crippen molar-refractivity contribution in [3.05, 3.63) is 48.1 Å². The Kier molecular flexibility index (Phi) is 8.17. The number of hydrogen-bond acceptors (Lipinski definition) is 4. The highest BCUT2D eigenvalue weighted by atomic mass is 16.5. The summed E-state index contributed by atoms with van der Waals surface area (Å²) in [5, 5.41) is 11.0. The molecule has 124 valence electrons. The zero-order chi connectivity index (χ0) is 17.1. The number of rotatable bonds is 8. The second-order valence-electron chi connectivity index (χ2n) is 5.13. The molecule has 23 heavy (non-hydrogen) atoms. The molecule has 0 saturated carbocycles. The third kappa shape index (κ3) is 7.82. The molecule has 1 aromatic carbocycles. The van der Waals surface area contributed by atoms with Gasteiger partial charge < -0.3 is 10.2 Å². The highest BCUT2D eigenvalue weighted by molar-refractivity contribution is 5.87. The maximum Gasteiger partial charge on any atom is 0.243 e. The number of allylic oxidation sites excluding steroid dienone is 2. The molecule has 0 spiro atoms. The molecule has 0 aliphatic carbocycles. The summed E-state index contributed by atoms with van der Waals surface area (Å²) in [4.78, 5) is 24.3. The van der Waals surface area contributed by atoms with Gasteiger partial charge in [0, 0.05) is 38.8 Å². The Balaban J connectivity index is 2.31. The monoisotopic (exact) mass is 317 g/mol. The maximum absolute atomic E-state index is 11.5. The van der Waals surface area contributed by atoms with Gasteiger partial charge >= 0.3 is 0 Å². The molecule has 0 aliphatic rings. The van der Waals surface area contributed by atoms with E-state index >= 15 is 0 Å². The zero-order valence-electron chi connectivity index (χ0n) is 13.5. The van der Waals surface area contributed by atoms with E-state index in [0.29, 0.717) is 13.0 Å². The fourth-order valence-electron chi connectivity index (χ4n) is 1.77.